The zero-order chi connectivity index (χ0) is 9.40. The van der Waals surface area contributed by atoms with Crippen LogP contribution in [0.4, 0.5) is 0 Å². The van der Waals surface area contributed by atoms with Crippen LogP contribution in [0.2, 0.25) is 0 Å². The van der Waals surface area contributed by atoms with Gasteiger partial charge in [0.25, 0.3) is 0 Å². The van der Waals surface area contributed by atoms with Gasteiger partial charge in [-0.15, -0.1) is 11.8 Å². The Labute approximate surface area is 77.9 Å². The molecule has 0 aliphatic rings. The molecule has 0 aliphatic carbocycles. The topological polar surface area (TPSA) is 49.3 Å². The summed E-state index contributed by atoms with van der Waals surface area (Å²) in [4.78, 5) is 11.0. The third-order valence-electron chi connectivity index (χ3n) is 1.41. The second-order valence-corrected chi connectivity index (χ2v) is 4.01. The normalized spacial score (nSPS) is 12.6. The summed E-state index contributed by atoms with van der Waals surface area (Å²) in [7, 11) is 0. The van der Waals surface area contributed by atoms with Crippen molar-refractivity contribution in [3.63, 3.8) is 0 Å². The van der Waals surface area contributed by atoms with Gasteiger partial charge in [-0.05, 0) is 13.3 Å². The predicted molar refractivity (Wildman–Crippen MR) is 52.3 cm³/mol. The van der Waals surface area contributed by atoms with Gasteiger partial charge in [0, 0.05) is 18.4 Å². The van der Waals surface area contributed by atoms with E-state index in [-0.39, 0.29) is 12.5 Å². The smallest absolute Gasteiger partial charge is 0.229 e. The van der Waals surface area contributed by atoms with Gasteiger partial charge < -0.3 is 10.4 Å². The zero-order valence-electron chi connectivity index (χ0n) is 7.67. The van der Waals surface area contributed by atoms with Gasteiger partial charge >= 0.3 is 0 Å². The highest BCUT2D eigenvalue weighted by Crippen LogP contribution is 2.12. The first-order valence-electron chi connectivity index (χ1n) is 4.19. The lowest BCUT2D eigenvalue weighted by molar-refractivity contribution is -0.118. The standard InChI is InChI=1S/C8H17NO2S/c1-3-9-8(11)6-12-7(2)4-5-10/h7,10H,3-6H2,1-2H3,(H,9,11). The molecule has 0 heterocycles. The molecule has 0 aromatic heterocycles. The molecular weight excluding hydrogens is 174 g/mol. The average Bonchev–Trinajstić information content (AvgIpc) is 2.02. The van der Waals surface area contributed by atoms with E-state index in [2.05, 4.69) is 5.32 Å². The molecule has 0 aliphatic heterocycles. The number of rotatable bonds is 6. The maximum Gasteiger partial charge on any atom is 0.229 e. The van der Waals surface area contributed by atoms with Crippen LogP contribution >= 0.6 is 11.8 Å². The molecule has 1 unspecified atom stereocenters. The van der Waals surface area contributed by atoms with E-state index in [0.717, 1.165) is 6.42 Å². The largest absolute Gasteiger partial charge is 0.396 e. The summed E-state index contributed by atoms with van der Waals surface area (Å²) in [6.07, 6.45) is 0.754. The summed E-state index contributed by atoms with van der Waals surface area (Å²) in [5, 5.41) is 11.7. The fraction of sp³-hybridized carbons (Fsp3) is 0.875. The zero-order valence-corrected chi connectivity index (χ0v) is 8.49. The second kappa shape index (κ2) is 7.43. The molecule has 4 heteroatoms. The molecule has 12 heavy (non-hydrogen) atoms. The highest BCUT2D eigenvalue weighted by Gasteiger charge is 2.04. The lowest BCUT2D eigenvalue weighted by atomic mass is 10.3. The minimum absolute atomic E-state index is 0.0762. The van der Waals surface area contributed by atoms with E-state index in [4.69, 9.17) is 5.11 Å². The Morgan fingerprint density at radius 3 is 2.83 bits per heavy atom. The number of carbonyl (C=O) groups excluding carboxylic acids is 1. The van der Waals surface area contributed by atoms with E-state index in [0.29, 0.717) is 17.5 Å². The molecule has 72 valence electrons. The second-order valence-electron chi connectivity index (χ2n) is 2.59. The first-order chi connectivity index (χ1) is 5.70. The van der Waals surface area contributed by atoms with Crippen LogP contribution < -0.4 is 5.32 Å². The highest BCUT2D eigenvalue weighted by atomic mass is 32.2. The van der Waals surface area contributed by atoms with Crippen molar-refractivity contribution in [2.75, 3.05) is 18.9 Å². The monoisotopic (exact) mass is 191 g/mol. The summed E-state index contributed by atoms with van der Waals surface area (Å²) < 4.78 is 0. The minimum atomic E-state index is 0.0762. The summed E-state index contributed by atoms with van der Waals surface area (Å²) in [6, 6.07) is 0. The van der Waals surface area contributed by atoms with Gasteiger partial charge in [-0.1, -0.05) is 6.92 Å². The number of hydrogen-bond donors (Lipinski definition) is 2. The van der Waals surface area contributed by atoms with Crippen molar-refractivity contribution in [2.24, 2.45) is 0 Å². The number of nitrogens with one attached hydrogen (secondary N) is 1. The molecule has 0 saturated carbocycles. The van der Waals surface area contributed by atoms with Crippen molar-refractivity contribution >= 4 is 17.7 Å². The molecule has 1 atom stereocenters. The summed E-state index contributed by atoms with van der Waals surface area (Å²) in [5.74, 6) is 0.571. The van der Waals surface area contributed by atoms with E-state index in [1.165, 1.54) is 0 Å². The lowest BCUT2D eigenvalue weighted by Gasteiger charge is -2.08. The van der Waals surface area contributed by atoms with Crippen LogP contribution in [0.15, 0.2) is 0 Å². The van der Waals surface area contributed by atoms with Gasteiger partial charge in [0.15, 0.2) is 0 Å². The van der Waals surface area contributed by atoms with Gasteiger partial charge in [-0.25, -0.2) is 0 Å². The molecule has 0 fully saturated rings. The van der Waals surface area contributed by atoms with Crippen LogP contribution in [-0.2, 0) is 4.79 Å². The van der Waals surface area contributed by atoms with Crippen molar-refractivity contribution < 1.29 is 9.90 Å². The van der Waals surface area contributed by atoms with E-state index in [1.807, 2.05) is 13.8 Å². The van der Waals surface area contributed by atoms with Crippen molar-refractivity contribution in [1.82, 2.24) is 5.32 Å². The summed E-state index contributed by atoms with van der Waals surface area (Å²) in [5.41, 5.74) is 0. The van der Waals surface area contributed by atoms with Gasteiger partial charge in [0.1, 0.15) is 0 Å². The molecule has 0 saturated heterocycles. The summed E-state index contributed by atoms with van der Waals surface area (Å²) >= 11 is 1.58. The van der Waals surface area contributed by atoms with Gasteiger partial charge in [0.2, 0.25) is 5.91 Å². The first-order valence-corrected chi connectivity index (χ1v) is 5.24. The molecule has 0 rings (SSSR count). The average molecular weight is 191 g/mol. The summed E-state index contributed by atoms with van der Waals surface area (Å²) in [6.45, 7) is 4.80. The Balaban J connectivity index is 3.33. The molecule has 2 N–H and O–H groups in total. The molecule has 0 aromatic rings. The number of amides is 1. The molecule has 0 bridgehead atoms. The quantitative estimate of drug-likeness (QED) is 0.647. The van der Waals surface area contributed by atoms with Crippen LogP contribution in [0.5, 0.6) is 0 Å². The van der Waals surface area contributed by atoms with E-state index >= 15 is 0 Å². The van der Waals surface area contributed by atoms with Crippen LogP contribution in [-0.4, -0.2) is 35.2 Å². The maximum absolute atomic E-state index is 11.0. The van der Waals surface area contributed by atoms with E-state index in [9.17, 15) is 4.79 Å². The molecule has 3 nitrogen and oxygen atoms in total. The molecular formula is C8H17NO2S. The third-order valence-corrected chi connectivity index (χ3v) is 2.64. The van der Waals surface area contributed by atoms with Crippen LogP contribution in [0.1, 0.15) is 20.3 Å². The molecule has 0 aromatic carbocycles. The third kappa shape index (κ3) is 6.49. The first kappa shape index (κ1) is 11.8. The van der Waals surface area contributed by atoms with Gasteiger partial charge in [-0.3, -0.25) is 4.79 Å². The number of aliphatic hydroxyl groups is 1. The maximum atomic E-state index is 11.0. The van der Waals surface area contributed by atoms with E-state index in [1.54, 1.807) is 11.8 Å². The Morgan fingerprint density at radius 1 is 1.67 bits per heavy atom. The number of carbonyl (C=O) groups is 1. The van der Waals surface area contributed by atoms with Crippen LogP contribution in [0.3, 0.4) is 0 Å². The Kier molecular flexibility index (Phi) is 7.29. The number of aliphatic hydroxyl groups excluding tert-OH is 1. The van der Waals surface area contributed by atoms with Crippen LogP contribution in [0, 0.1) is 0 Å². The SMILES string of the molecule is CCNC(=O)CSC(C)CCO. The minimum Gasteiger partial charge on any atom is -0.396 e. The van der Waals surface area contributed by atoms with E-state index < -0.39 is 0 Å². The van der Waals surface area contributed by atoms with Gasteiger partial charge in [-0.2, -0.15) is 0 Å². The van der Waals surface area contributed by atoms with Crippen molar-refractivity contribution in [3.05, 3.63) is 0 Å². The number of thioether (sulfide) groups is 1. The predicted octanol–water partition coefficient (Wildman–Crippen LogP) is 0.627. The van der Waals surface area contributed by atoms with Crippen molar-refractivity contribution in [3.8, 4) is 0 Å². The Morgan fingerprint density at radius 2 is 2.33 bits per heavy atom. The molecule has 0 radical (unpaired) electrons. The van der Waals surface area contributed by atoms with Crippen LogP contribution in [0.25, 0.3) is 0 Å². The Hall–Kier alpha value is -0.220. The number of hydrogen-bond acceptors (Lipinski definition) is 3. The molecule has 1 amide bonds. The fourth-order valence-electron chi connectivity index (χ4n) is 0.731. The lowest BCUT2D eigenvalue weighted by Crippen LogP contribution is -2.25. The Bertz CT molecular complexity index is 130. The van der Waals surface area contributed by atoms with Crippen molar-refractivity contribution in [1.29, 1.82) is 0 Å². The molecule has 0 spiro atoms. The van der Waals surface area contributed by atoms with Gasteiger partial charge in [0.05, 0.1) is 5.75 Å². The van der Waals surface area contributed by atoms with Crippen molar-refractivity contribution in [2.45, 2.75) is 25.5 Å². The fourth-order valence-corrected chi connectivity index (χ4v) is 1.54. The highest BCUT2D eigenvalue weighted by molar-refractivity contribution is 8.00.